The third-order valence-corrected chi connectivity index (χ3v) is 5.82. The molecule has 0 radical (unpaired) electrons. The lowest BCUT2D eigenvalue weighted by Crippen LogP contribution is -2.31. The molecule has 29 heavy (non-hydrogen) atoms. The molecule has 1 aliphatic heterocycles. The van der Waals surface area contributed by atoms with Crippen LogP contribution in [0.25, 0.3) is 10.9 Å². The summed E-state index contributed by atoms with van der Waals surface area (Å²) < 4.78 is 1.77. The predicted octanol–water partition coefficient (Wildman–Crippen LogP) is 3.25. The average Bonchev–Trinajstić information content (AvgIpc) is 3.32. The monoisotopic (exact) mass is 392 g/mol. The highest BCUT2D eigenvalue weighted by molar-refractivity contribution is 5.93. The van der Waals surface area contributed by atoms with E-state index >= 15 is 0 Å². The van der Waals surface area contributed by atoms with Gasteiger partial charge in [0.1, 0.15) is 5.69 Å². The smallest absolute Gasteiger partial charge is 0.272 e. The maximum atomic E-state index is 13.2. The number of rotatable bonds is 5. The first-order valence-electron chi connectivity index (χ1n) is 10.4. The molecule has 152 valence electrons. The number of aliphatic hydroxyl groups excluding tert-OH is 1. The third-order valence-electron chi connectivity index (χ3n) is 5.82. The van der Waals surface area contributed by atoms with E-state index in [0.717, 1.165) is 28.6 Å². The number of para-hydroxylation sites is 1. The second-order valence-corrected chi connectivity index (χ2v) is 8.15. The van der Waals surface area contributed by atoms with E-state index in [1.165, 1.54) is 0 Å². The molecule has 1 fully saturated rings. The van der Waals surface area contributed by atoms with E-state index in [0.29, 0.717) is 25.3 Å². The quantitative estimate of drug-likeness (QED) is 0.724. The number of nitrogens with zero attached hydrogens (tertiary/aromatic N) is 4. The van der Waals surface area contributed by atoms with E-state index in [1.807, 2.05) is 43.5 Å². The van der Waals surface area contributed by atoms with Crippen LogP contribution in [0, 0.1) is 5.92 Å². The molecule has 6 heteroatoms. The van der Waals surface area contributed by atoms with Crippen LogP contribution in [0.5, 0.6) is 0 Å². The SMILES string of the molecule is CCn1nc(C(C)C)cc1C(=O)N1C[C@@H](Cc2ccnc3ccccc23)[C@H](O)C1. The first-order chi connectivity index (χ1) is 14.0. The number of β-amino-alcohol motifs (C(OH)–C–C–N with tert-alkyl or cyclic N) is 1. The van der Waals surface area contributed by atoms with Crippen molar-refractivity contribution in [3.63, 3.8) is 0 Å². The van der Waals surface area contributed by atoms with E-state index in [-0.39, 0.29) is 17.7 Å². The van der Waals surface area contributed by atoms with Crippen LogP contribution < -0.4 is 0 Å². The molecule has 2 atom stereocenters. The second kappa shape index (κ2) is 7.95. The van der Waals surface area contributed by atoms with E-state index in [1.54, 1.807) is 9.58 Å². The van der Waals surface area contributed by atoms with Gasteiger partial charge in [0.15, 0.2) is 0 Å². The number of fused-ring (bicyclic) bond motifs is 1. The molecule has 0 saturated carbocycles. The first kappa shape index (κ1) is 19.6. The van der Waals surface area contributed by atoms with Gasteiger partial charge < -0.3 is 10.0 Å². The summed E-state index contributed by atoms with van der Waals surface area (Å²) in [7, 11) is 0. The molecular formula is C23H28N4O2. The van der Waals surface area contributed by atoms with Crippen LogP contribution in [0.3, 0.4) is 0 Å². The lowest BCUT2D eigenvalue weighted by atomic mass is 9.94. The van der Waals surface area contributed by atoms with Crippen LogP contribution in [0.2, 0.25) is 0 Å². The molecule has 1 amide bonds. The molecule has 1 N–H and O–H groups in total. The number of hydrogen-bond donors (Lipinski definition) is 1. The van der Waals surface area contributed by atoms with Crippen LogP contribution >= 0.6 is 0 Å². The number of carbonyl (C=O) groups is 1. The van der Waals surface area contributed by atoms with Gasteiger partial charge in [-0.2, -0.15) is 5.10 Å². The first-order valence-corrected chi connectivity index (χ1v) is 10.4. The Hall–Kier alpha value is -2.73. The molecule has 6 nitrogen and oxygen atoms in total. The van der Waals surface area contributed by atoms with Gasteiger partial charge in [0.25, 0.3) is 5.91 Å². The Kier molecular flexibility index (Phi) is 5.37. The van der Waals surface area contributed by atoms with Gasteiger partial charge in [-0.25, -0.2) is 0 Å². The van der Waals surface area contributed by atoms with Crippen molar-refractivity contribution in [2.24, 2.45) is 5.92 Å². The molecule has 0 spiro atoms. The Morgan fingerprint density at radius 3 is 2.79 bits per heavy atom. The Bertz CT molecular complexity index is 1020. The number of carbonyl (C=O) groups excluding carboxylic acids is 1. The van der Waals surface area contributed by atoms with Crippen molar-refractivity contribution in [1.82, 2.24) is 19.7 Å². The molecule has 0 bridgehead atoms. The molecule has 1 aliphatic rings. The molecule has 0 aliphatic carbocycles. The molecular weight excluding hydrogens is 364 g/mol. The minimum Gasteiger partial charge on any atom is -0.391 e. The van der Waals surface area contributed by atoms with Gasteiger partial charge in [0.2, 0.25) is 0 Å². The molecule has 4 rings (SSSR count). The van der Waals surface area contributed by atoms with E-state index in [2.05, 4.69) is 30.0 Å². The van der Waals surface area contributed by atoms with Gasteiger partial charge in [-0.3, -0.25) is 14.5 Å². The van der Waals surface area contributed by atoms with E-state index < -0.39 is 6.10 Å². The van der Waals surface area contributed by atoms with Gasteiger partial charge in [0, 0.05) is 37.1 Å². The number of pyridine rings is 1. The maximum absolute atomic E-state index is 13.2. The standard InChI is InChI=1S/C23H28N4O2/c1-4-27-21(12-20(25-27)15(2)3)23(29)26-13-17(22(28)14-26)11-16-9-10-24-19-8-6-5-7-18(16)19/h5-10,12,15,17,22,28H,4,11,13-14H2,1-3H3/t17-,22-/m1/s1. The normalized spacial score (nSPS) is 19.4. The van der Waals surface area contributed by atoms with E-state index in [9.17, 15) is 9.90 Å². The molecule has 2 aromatic heterocycles. The summed E-state index contributed by atoms with van der Waals surface area (Å²) in [5.74, 6) is 0.228. The summed E-state index contributed by atoms with van der Waals surface area (Å²) in [4.78, 5) is 19.3. The zero-order chi connectivity index (χ0) is 20.5. The molecule has 3 aromatic rings. The van der Waals surface area contributed by atoms with Crippen molar-refractivity contribution in [3.8, 4) is 0 Å². The summed E-state index contributed by atoms with van der Waals surface area (Å²) in [6.07, 6.45) is 2.00. The van der Waals surface area contributed by atoms with Crippen LogP contribution in [0.15, 0.2) is 42.6 Å². The molecule has 0 unspecified atom stereocenters. The van der Waals surface area contributed by atoms with Crippen LogP contribution in [0.4, 0.5) is 0 Å². The second-order valence-electron chi connectivity index (χ2n) is 8.15. The average molecular weight is 393 g/mol. The maximum Gasteiger partial charge on any atom is 0.272 e. The highest BCUT2D eigenvalue weighted by atomic mass is 16.3. The van der Waals surface area contributed by atoms with Crippen molar-refractivity contribution < 1.29 is 9.90 Å². The van der Waals surface area contributed by atoms with Gasteiger partial charge in [-0.1, -0.05) is 32.0 Å². The van der Waals surface area contributed by atoms with Gasteiger partial charge in [-0.15, -0.1) is 0 Å². The zero-order valence-electron chi connectivity index (χ0n) is 17.2. The van der Waals surface area contributed by atoms with Crippen LogP contribution in [-0.4, -0.2) is 49.9 Å². The fraction of sp³-hybridized carbons (Fsp3) is 0.435. The third kappa shape index (κ3) is 3.77. The van der Waals surface area contributed by atoms with Crippen molar-refractivity contribution in [1.29, 1.82) is 0 Å². The topological polar surface area (TPSA) is 71.2 Å². The van der Waals surface area contributed by atoms with Crippen molar-refractivity contribution in [2.45, 2.75) is 45.8 Å². The number of benzene rings is 1. The van der Waals surface area contributed by atoms with E-state index in [4.69, 9.17) is 0 Å². The summed E-state index contributed by atoms with van der Waals surface area (Å²) in [6, 6.07) is 12.0. The summed E-state index contributed by atoms with van der Waals surface area (Å²) >= 11 is 0. The van der Waals surface area contributed by atoms with Gasteiger partial charge >= 0.3 is 0 Å². The fourth-order valence-corrected chi connectivity index (χ4v) is 4.13. The number of hydrogen-bond acceptors (Lipinski definition) is 4. The number of aryl methyl sites for hydroxylation is 1. The van der Waals surface area contributed by atoms with Gasteiger partial charge in [0.05, 0.1) is 17.3 Å². The van der Waals surface area contributed by atoms with Crippen LogP contribution in [0.1, 0.15) is 48.4 Å². The van der Waals surface area contributed by atoms with Crippen LogP contribution in [-0.2, 0) is 13.0 Å². The number of amides is 1. The number of aliphatic hydroxyl groups is 1. The highest BCUT2D eigenvalue weighted by Gasteiger charge is 2.35. The Morgan fingerprint density at radius 2 is 2.03 bits per heavy atom. The molecule has 3 heterocycles. The van der Waals surface area contributed by atoms with Crippen molar-refractivity contribution >= 4 is 16.8 Å². The number of likely N-dealkylation sites (tertiary alicyclic amines) is 1. The van der Waals surface area contributed by atoms with Gasteiger partial charge in [-0.05, 0) is 43.0 Å². The Labute approximate surface area is 171 Å². The van der Waals surface area contributed by atoms with Crippen molar-refractivity contribution in [3.05, 3.63) is 59.5 Å². The largest absolute Gasteiger partial charge is 0.391 e. The molecule has 1 saturated heterocycles. The summed E-state index contributed by atoms with van der Waals surface area (Å²) in [6.45, 7) is 7.69. The zero-order valence-corrected chi connectivity index (χ0v) is 17.2. The minimum atomic E-state index is -0.534. The summed E-state index contributed by atoms with van der Waals surface area (Å²) in [5.41, 5.74) is 3.65. The van der Waals surface area contributed by atoms with Crippen molar-refractivity contribution in [2.75, 3.05) is 13.1 Å². The molecule has 1 aromatic carbocycles. The lowest BCUT2D eigenvalue weighted by molar-refractivity contribution is 0.0752. The fourth-order valence-electron chi connectivity index (χ4n) is 4.13. The highest BCUT2D eigenvalue weighted by Crippen LogP contribution is 2.27. The Balaban J connectivity index is 1.53. The summed E-state index contributed by atoms with van der Waals surface area (Å²) in [5, 5.41) is 16.3. The minimum absolute atomic E-state index is 0.00678. The predicted molar refractivity (Wildman–Crippen MR) is 113 cm³/mol. The number of aromatic nitrogens is 3. The lowest BCUT2D eigenvalue weighted by Gasteiger charge is -2.17. The Morgan fingerprint density at radius 1 is 1.24 bits per heavy atom.